The summed E-state index contributed by atoms with van der Waals surface area (Å²) in [5, 5.41) is 3.66. The molecular weight excluding hydrogens is 194 g/mol. The monoisotopic (exact) mass is 223 g/mol. The zero-order valence-electron chi connectivity index (χ0n) is 11.3. The molecule has 1 heteroatoms. The van der Waals surface area contributed by atoms with Crippen molar-refractivity contribution in [2.45, 2.75) is 65.3 Å². The van der Waals surface area contributed by atoms with Crippen LogP contribution in [0, 0.1) is 23.7 Å². The van der Waals surface area contributed by atoms with Crippen LogP contribution in [-0.4, -0.2) is 12.6 Å². The Morgan fingerprint density at radius 2 is 1.88 bits per heavy atom. The first-order chi connectivity index (χ1) is 7.70. The van der Waals surface area contributed by atoms with Crippen molar-refractivity contribution in [3.63, 3.8) is 0 Å². The van der Waals surface area contributed by atoms with Gasteiger partial charge >= 0.3 is 0 Å². The first-order valence-electron chi connectivity index (χ1n) is 7.44. The molecule has 1 N–H and O–H groups in total. The summed E-state index contributed by atoms with van der Waals surface area (Å²) in [5.41, 5.74) is 0. The first-order valence-corrected chi connectivity index (χ1v) is 7.44. The maximum Gasteiger partial charge on any atom is 0.00104 e. The zero-order chi connectivity index (χ0) is 11.5. The van der Waals surface area contributed by atoms with E-state index >= 15 is 0 Å². The smallest absolute Gasteiger partial charge is 0.00104 e. The van der Waals surface area contributed by atoms with Crippen molar-refractivity contribution >= 4 is 0 Å². The van der Waals surface area contributed by atoms with E-state index in [2.05, 4.69) is 26.1 Å². The Bertz CT molecular complexity index is 207. The highest BCUT2D eigenvalue weighted by Crippen LogP contribution is 2.48. The molecule has 3 unspecified atom stereocenters. The number of hydrogen-bond donors (Lipinski definition) is 1. The lowest BCUT2D eigenvalue weighted by Crippen LogP contribution is -2.36. The van der Waals surface area contributed by atoms with Gasteiger partial charge in [-0.3, -0.25) is 0 Å². The van der Waals surface area contributed by atoms with Gasteiger partial charge in [0.1, 0.15) is 0 Å². The Morgan fingerprint density at radius 1 is 1.12 bits per heavy atom. The average molecular weight is 223 g/mol. The Kier molecular flexibility index (Phi) is 4.29. The summed E-state index contributed by atoms with van der Waals surface area (Å²) in [7, 11) is 0. The number of rotatable bonds is 5. The lowest BCUT2D eigenvalue weighted by atomic mass is 9.71. The summed E-state index contributed by atoms with van der Waals surface area (Å²) >= 11 is 0. The molecule has 2 saturated carbocycles. The van der Waals surface area contributed by atoms with Gasteiger partial charge in [0, 0.05) is 6.04 Å². The Morgan fingerprint density at radius 3 is 2.44 bits per heavy atom. The van der Waals surface area contributed by atoms with E-state index in [0.29, 0.717) is 6.04 Å². The largest absolute Gasteiger partial charge is 0.314 e. The third-order valence-electron chi connectivity index (χ3n) is 4.75. The molecule has 3 atom stereocenters. The molecule has 2 aliphatic rings. The van der Waals surface area contributed by atoms with E-state index in [-0.39, 0.29) is 0 Å². The second kappa shape index (κ2) is 5.53. The predicted octanol–water partition coefficient (Wildman–Crippen LogP) is 3.84. The summed E-state index contributed by atoms with van der Waals surface area (Å²) < 4.78 is 0. The standard InChI is InChI=1S/C15H29N/c1-4-12-5-6-14(10-16-11(2)3)15(9-12)13-7-8-13/h11-16H,4-10H2,1-3H3. The number of hydrogen-bond acceptors (Lipinski definition) is 1. The van der Waals surface area contributed by atoms with E-state index < -0.39 is 0 Å². The van der Waals surface area contributed by atoms with Crippen molar-refractivity contribution < 1.29 is 0 Å². The molecule has 0 radical (unpaired) electrons. The van der Waals surface area contributed by atoms with Crippen molar-refractivity contribution in [3.8, 4) is 0 Å². The van der Waals surface area contributed by atoms with Gasteiger partial charge in [0.15, 0.2) is 0 Å². The quantitative estimate of drug-likeness (QED) is 0.747. The van der Waals surface area contributed by atoms with Crippen molar-refractivity contribution in [1.29, 1.82) is 0 Å². The van der Waals surface area contributed by atoms with E-state index in [0.717, 1.165) is 23.7 Å². The van der Waals surface area contributed by atoms with Gasteiger partial charge in [-0.25, -0.2) is 0 Å². The third-order valence-corrected chi connectivity index (χ3v) is 4.75. The van der Waals surface area contributed by atoms with Crippen LogP contribution in [0.15, 0.2) is 0 Å². The Balaban J connectivity index is 1.85. The minimum Gasteiger partial charge on any atom is -0.314 e. The molecule has 0 aromatic carbocycles. The van der Waals surface area contributed by atoms with Gasteiger partial charge in [0.2, 0.25) is 0 Å². The van der Waals surface area contributed by atoms with E-state index in [4.69, 9.17) is 0 Å². The minimum absolute atomic E-state index is 0.656. The maximum atomic E-state index is 3.66. The molecule has 0 bridgehead atoms. The van der Waals surface area contributed by atoms with Crippen LogP contribution in [0.2, 0.25) is 0 Å². The van der Waals surface area contributed by atoms with Crippen LogP contribution in [0.1, 0.15) is 59.3 Å². The van der Waals surface area contributed by atoms with Gasteiger partial charge in [-0.15, -0.1) is 0 Å². The highest BCUT2D eigenvalue weighted by Gasteiger charge is 2.39. The Labute approximate surface area is 101 Å². The SMILES string of the molecule is CCC1CCC(CNC(C)C)C(C2CC2)C1. The van der Waals surface area contributed by atoms with Crippen molar-refractivity contribution in [1.82, 2.24) is 5.32 Å². The summed E-state index contributed by atoms with van der Waals surface area (Å²) in [6.07, 6.45) is 8.97. The lowest BCUT2D eigenvalue weighted by molar-refractivity contribution is 0.150. The molecule has 94 valence electrons. The van der Waals surface area contributed by atoms with E-state index in [1.54, 1.807) is 0 Å². The summed E-state index contributed by atoms with van der Waals surface area (Å²) in [6, 6.07) is 0.656. The highest BCUT2D eigenvalue weighted by atomic mass is 14.9. The van der Waals surface area contributed by atoms with Crippen LogP contribution >= 0.6 is 0 Å². The molecule has 0 aromatic rings. The van der Waals surface area contributed by atoms with E-state index in [1.165, 1.54) is 45.1 Å². The van der Waals surface area contributed by atoms with Crippen molar-refractivity contribution in [3.05, 3.63) is 0 Å². The highest BCUT2D eigenvalue weighted by molar-refractivity contribution is 4.91. The molecule has 0 heterocycles. The van der Waals surface area contributed by atoms with Crippen molar-refractivity contribution in [2.24, 2.45) is 23.7 Å². The fourth-order valence-corrected chi connectivity index (χ4v) is 3.47. The van der Waals surface area contributed by atoms with Crippen molar-refractivity contribution in [2.75, 3.05) is 6.54 Å². The number of nitrogens with one attached hydrogen (secondary N) is 1. The van der Waals surface area contributed by atoms with Gasteiger partial charge in [0.25, 0.3) is 0 Å². The van der Waals surface area contributed by atoms with Gasteiger partial charge < -0.3 is 5.32 Å². The van der Waals surface area contributed by atoms with Gasteiger partial charge in [-0.1, -0.05) is 33.6 Å². The summed E-state index contributed by atoms with van der Waals surface area (Å²) in [5.74, 6) is 4.19. The van der Waals surface area contributed by atoms with Crippen LogP contribution in [0.25, 0.3) is 0 Å². The van der Waals surface area contributed by atoms with Crippen LogP contribution < -0.4 is 5.32 Å². The average Bonchev–Trinajstić information content (AvgIpc) is 3.10. The van der Waals surface area contributed by atoms with Gasteiger partial charge in [-0.2, -0.15) is 0 Å². The van der Waals surface area contributed by atoms with Crippen LogP contribution in [0.4, 0.5) is 0 Å². The fourth-order valence-electron chi connectivity index (χ4n) is 3.47. The first kappa shape index (κ1) is 12.4. The van der Waals surface area contributed by atoms with E-state index in [1.807, 2.05) is 0 Å². The molecule has 0 amide bonds. The molecule has 0 saturated heterocycles. The molecule has 2 fully saturated rings. The lowest BCUT2D eigenvalue weighted by Gasteiger charge is -2.37. The molecule has 1 nitrogen and oxygen atoms in total. The second-order valence-electron chi connectivity index (χ2n) is 6.41. The van der Waals surface area contributed by atoms with Gasteiger partial charge in [-0.05, 0) is 55.9 Å². The fraction of sp³-hybridized carbons (Fsp3) is 1.00. The predicted molar refractivity (Wildman–Crippen MR) is 70.5 cm³/mol. The van der Waals surface area contributed by atoms with Crippen LogP contribution in [0.3, 0.4) is 0 Å². The van der Waals surface area contributed by atoms with E-state index in [9.17, 15) is 0 Å². The molecular formula is C15H29N. The molecule has 0 spiro atoms. The molecule has 2 rings (SSSR count). The van der Waals surface area contributed by atoms with Gasteiger partial charge in [0.05, 0.1) is 0 Å². The molecule has 0 aromatic heterocycles. The normalized spacial score (nSPS) is 35.6. The summed E-state index contributed by atoms with van der Waals surface area (Å²) in [6.45, 7) is 8.18. The van der Waals surface area contributed by atoms with Crippen LogP contribution in [0.5, 0.6) is 0 Å². The third kappa shape index (κ3) is 3.23. The maximum absolute atomic E-state index is 3.66. The molecule has 0 aliphatic heterocycles. The molecule has 16 heavy (non-hydrogen) atoms. The zero-order valence-corrected chi connectivity index (χ0v) is 11.3. The topological polar surface area (TPSA) is 12.0 Å². The molecule has 2 aliphatic carbocycles. The summed E-state index contributed by atoms with van der Waals surface area (Å²) in [4.78, 5) is 0. The minimum atomic E-state index is 0.656. The Hall–Kier alpha value is -0.0400. The van der Waals surface area contributed by atoms with Crippen LogP contribution in [-0.2, 0) is 0 Å². The second-order valence-corrected chi connectivity index (χ2v) is 6.41.